The van der Waals surface area contributed by atoms with E-state index in [0.29, 0.717) is 148 Å². The van der Waals surface area contributed by atoms with Crippen LogP contribution in [0, 0.1) is 17.5 Å². The van der Waals surface area contributed by atoms with E-state index in [2.05, 4.69) is 98.8 Å². The van der Waals surface area contributed by atoms with E-state index in [9.17, 15) is 41.9 Å². The number of carbonyl (C=O) groups excluding carboxylic acids is 4. The molecule has 6 aromatic carbocycles. The van der Waals surface area contributed by atoms with Gasteiger partial charge in [0.25, 0.3) is 17.4 Å². The number of fused-ring (bicyclic) bond motifs is 3. The van der Waals surface area contributed by atoms with Crippen LogP contribution in [0.25, 0.3) is 66.9 Å². The van der Waals surface area contributed by atoms with Gasteiger partial charge in [0.15, 0.2) is 11.0 Å². The number of amides is 4. The topological polar surface area (TPSA) is 524 Å². The minimum absolute atomic E-state index is 0.0760. The van der Waals surface area contributed by atoms with Crippen LogP contribution >= 0.6 is 27.5 Å². The molecule has 8 aromatic heterocycles. The third-order valence-corrected chi connectivity index (χ3v) is 20.7. The molecule has 14 aromatic rings. The lowest BCUT2D eigenvalue weighted by Gasteiger charge is -2.29. The standard InChI is InChI=1S/C27H27FN6O2.C23H19ClFN5O.C15H9FN2O3.C13H21N3O2.C8H13N3.C8H15NO2.C5H5BrN2.C4H9NO/c28-21-7-4-19(5-8-21)25-26(34-12-14-36-15-13-34)33-22-9-6-20(16-23(22)32-25)27(35)30-11-1-2-18-3-10-24(29)31-17-18;24-22-21(15-4-7-17(25)8-5-15)29-19-12-16(6-9-18(19)30-22)23(31)27-11-1-2-14-3-10-20(26)28-13-14;16-10-4-1-8(2-5-10)13-14(19)18-11-6-3-9(15(20)21)7-12(11)17-13;1-13(2,3)18-12(17)15-8-4-5-10-6-7-11(14)16-9-10;9-5-1-2-7-3-4-8(10)11-6-7;1-5-6-9-7(10)11-8(2,3)4;6-4-1-2-5(7)8-3-4;1-3-6-4-2-5-1/h3-10,16-17H,1-2,11-15H2,(H2,29,31)(H,30,35);3-10,12-13H,1-2,11H2,(H2,26,28)(H,27,31);1-7H,(H,18,19)(H,20,21);6-7,9H,4-5,8H2,1-3H3,(H2,14,16)(H,15,17);3-4,6H,1-2,5,9H2,(H2,10,11);5H,1,6H2,2-4H3,(H,9,10);1-3H,(H2,7,8);5H,1-4H2. The predicted molar refractivity (Wildman–Crippen MR) is 553 cm³/mol. The lowest BCUT2D eigenvalue weighted by molar-refractivity contribution is 0.0518. The monoisotopic (exact) mass is 2020 g/mol. The van der Waals surface area contributed by atoms with Gasteiger partial charge in [0.2, 0.25) is 0 Å². The van der Waals surface area contributed by atoms with Crippen LogP contribution in [0.1, 0.15) is 121 Å². The number of H-pyrrole nitrogens is 1. The third kappa shape index (κ3) is 39.2. The lowest BCUT2D eigenvalue weighted by Crippen LogP contribution is -2.37. The Labute approximate surface area is 833 Å². The van der Waals surface area contributed by atoms with Crippen LogP contribution in [-0.4, -0.2) is 186 Å². The molecule has 0 bridgehead atoms. The Morgan fingerprint density at radius 3 is 1.25 bits per heavy atom. The summed E-state index contributed by atoms with van der Waals surface area (Å²) in [5.41, 5.74) is 43.2. The van der Waals surface area contributed by atoms with E-state index >= 15 is 0 Å². The Hall–Kier alpha value is -15.2. The van der Waals surface area contributed by atoms with Crippen molar-refractivity contribution in [2.24, 2.45) is 5.73 Å². The number of carbonyl (C=O) groups is 5. The number of nitrogens with one attached hydrogen (secondary N) is 6. The lowest BCUT2D eigenvalue weighted by atomic mass is 10.1. The van der Waals surface area contributed by atoms with E-state index in [1.54, 1.807) is 116 Å². The molecule has 746 valence electrons. The normalized spacial score (nSPS) is 11.9. The Morgan fingerprint density at radius 2 is 0.859 bits per heavy atom. The number of halogens is 5. The second-order valence-corrected chi connectivity index (χ2v) is 35.0. The molecule has 0 atom stereocenters. The number of nitrogens with two attached hydrogens (primary N) is 6. The molecule has 142 heavy (non-hydrogen) atoms. The Bertz CT molecular complexity index is 6420. The smallest absolute Gasteiger partial charge is 0.407 e. The molecule has 16 rings (SSSR count). The second kappa shape index (κ2) is 56.7. The maximum atomic E-state index is 13.6. The molecule has 19 N–H and O–H groups in total. The van der Waals surface area contributed by atoms with Crippen molar-refractivity contribution in [3.8, 4) is 33.8 Å². The first-order valence-corrected chi connectivity index (χ1v) is 46.7. The van der Waals surface area contributed by atoms with Crippen molar-refractivity contribution >= 4 is 126 Å². The molecule has 0 saturated carbocycles. The molecular weight excluding hydrogens is 1910 g/mol. The quantitative estimate of drug-likeness (QED) is 0.0197. The molecule has 10 heterocycles. The fourth-order valence-corrected chi connectivity index (χ4v) is 13.4. The van der Waals surface area contributed by atoms with Crippen molar-refractivity contribution < 1.29 is 61.2 Å². The summed E-state index contributed by atoms with van der Waals surface area (Å²) in [6.45, 7) is 23.7. The number of alkyl carbamates (subject to hydrolysis) is 2. The van der Waals surface area contributed by atoms with Crippen LogP contribution in [0.2, 0.25) is 5.15 Å². The fourth-order valence-electron chi connectivity index (χ4n) is 13.0. The number of aromatic nitrogens is 11. The molecule has 0 aliphatic carbocycles. The van der Waals surface area contributed by atoms with Gasteiger partial charge in [-0.3, -0.25) is 14.4 Å². The maximum Gasteiger partial charge on any atom is 0.407 e. The van der Waals surface area contributed by atoms with Crippen molar-refractivity contribution in [1.29, 1.82) is 0 Å². The molecule has 2 aliphatic heterocycles. The van der Waals surface area contributed by atoms with Crippen LogP contribution in [0.5, 0.6) is 0 Å². The van der Waals surface area contributed by atoms with E-state index in [-0.39, 0.29) is 46.0 Å². The Kier molecular flexibility index (Phi) is 44.1. The molecule has 2 fully saturated rings. The number of nitrogen functional groups attached to an aromatic ring is 5. The van der Waals surface area contributed by atoms with Gasteiger partial charge in [0.05, 0.1) is 65.1 Å². The van der Waals surface area contributed by atoms with E-state index in [1.165, 1.54) is 72.3 Å². The highest BCUT2D eigenvalue weighted by Crippen LogP contribution is 2.33. The first kappa shape index (κ1) is 110. The predicted octanol–water partition coefficient (Wildman–Crippen LogP) is 15.9. The minimum Gasteiger partial charge on any atom is -0.478 e. The number of hydrogen-bond acceptors (Lipinski definition) is 28. The number of aryl methyl sites for hydroxylation is 4. The van der Waals surface area contributed by atoms with Crippen LogP contribution in [0.15, 0.2) is 241 Å². The molecule has 39 heteroatoms. The summed E-state index contributed by atoms with van der Waals surface area (Å²) in [6, 6.07) is 50.5. The molecule has 34 nitrogen and oxygen atoms in total. The molecule has 0 spiro atoms. The molecular formula is C103H118BrClF3N23O11. The van der Waals surface area contributed by atoms with Gasteiger partial charge in [-0.15, -0.1) is 6.58 Å². The number of rotatable bonds is 24. The summed E-state index contributed by atoms with van der Waals surface area (Å²) < 4.78 is 61.2. The number of aromatic amines is 1. The van der Waals surface area contributed by atoms with Crippen molar-refractivity contribution in [3.63, 3.8) is 0 Å². The number of anilines is 6. The summed E-state index contributed by atoms with van der Waals surface area (Å²) in [4.78, 5) is 118. The van der Waals surface area contributed by atoms with Crippen molar-refractivity contribution in [2.45, 2.75) is 104 Å². The molecule has 0 unspecified atom stereocenters. The van der Waals surface area contributed by atoms with Gasteiger partial charge in [0, 0.05) is 116 Å². The van der Waals surface area contributed by atoms with Crippen molar-refractivity contribution in [2.75, 3.05) is 119 Å². The van der Waals surface area contributed by atoms with Gasteiger partial charge in [-0.1, -0.05) is 41.9 Å². The van der Waals surface area contributed by atoms with Crippen LogP contribution in [0.3, 0.4) is 0 Å². The first-order chi connectivity index (χ1) is 68.0. The van der Waals surface area contributed by atoms with Gasteiger partial charge in [0.1, 0.15) is 74.8 Å². The van der Waals surface area contributed by atoms with E-state index < -0.39 is 34.6 Å². The van der Waals surface area contributed by atoms with Crippen LogP contribution in [-0.2, 0) is 44.6 Å². The number of carboxylic acid groups (broad SMARTS) is 1. The fraction of sp³-hybridized carbons (Fsp3) is 0.282. The largest absolute Gasteiger partial charge is 0.478 e. The van der Waals surface area contributed by atoms with Crippen molar-refractivity contribution in [3.05, 3.63) is 308 Å². The minimum atomic E-state index is -1.08. The van der Waals surface area contributed by atoms with E-state index in [0.717, 1.165) is 117 Å². The van der Waals surface area contributed by atoms with Gasteiger partial charge in [-0.25, -0.2) is 77.4 Å². The zero-order chi connectivity index (χ0) is 103. The highest BCUT2D eigenvalue weighted by atomic mass is 79.9. The molecule has 2 saturated heterocycles. The number of ether oxygens (including phenoxy) is 4. The van der Waals surface area contributed by atoms with Gasteiger partial charge < -0.3 is 94.9 Å². The average molecular weight is 2030 g/mol. The third-order valence-electron chi connectivity index (χ3n) is 20.0. The zero-order valence-corrected chi connectivity index (χ0v) is 82.1. The number of aromatic carboxylic acids is 1. The number of nitrogens with zero attached hydrogens (tertiary/aromatic N) is 11. The van der Waals surface area contributed by atoms with Gasteiger partial charge >= 0.3 is 18.2 Å². The number of carboxylic acids is 1. The van der Waals surface area contributed by atoms with Gasteiger partial charge in [-0.05, 0) is 301 Å². The maximum absolute atomic E-state index is 13.6. The number of hydrogen-bond donors (Lipinski definition) is 13. The summed E-state index contributed by atoms with van der Waals surface area (Å²) in [7, 11) is 0. The number of morpholine rings is 2. The molecule has 2 aliphatic rings. The Balaban J connectivity index is 0.000000192. The van der Waals surface area contributed by atoms with Crippen LogP contribution < -0.4 is 71.4 Å². The summed E-state index contributed by atoms with van der Waals surface area (Å²) in [6.07, 6.45) is 16.3. The Morgan fingerprint density at radius 1 is 0.472 bits per heavy atom. The highest BCUT2D eigenvalue weighted by Gasteiger charge is 2.23. The average Bonchev–Trinajstić information content (AvgIpc) is 0.779. The first-order valence-electron chi connectivity index (χ1n) is 45.5. The zero-order valence-electron chi connectivity index (χ0n) is 79.7. The number of pyridine rings is 5. The molecule has 0 radical (unpaired) electrons. The summed E-state index contributed by atoms with van der Waals surface area (Å²) in [5, 5.41) is 23.4. The number of benzene rings is 6. The van der Waals surface area contributed by atoms with Crippen LogP contribution in [0.4, 0.5) is 57.7 Å². The molecule has 4 amide bonds. The highest BCUT2D eigenvalue weighted by molar-refractivity contribution is 9.10. The van der Waals surface area contributed by atoms with E-state index in [4.69, 9.17) is 80.0 Å². The van der Waals surface area contributed by atoms with E-state index in [1.807, 2.05) is 84.0 Å². The summed E-state index contributed by atoms with van der Waals surface area (Å²) >= 11 is 9.49. The van der Waals surface area contributed by atoms with Gasteiger partial charge in [-0.2, -0.15) is 0 Å². The summed E-state index contributed by atoms with van der Waals surface area (Å²) in [5.74, 6) is 0.829. The second-order valence-electron chi connectivity index (χ2n) is 33.7. The van der Waals surface area contributed by atoms with Crippen molar-refractivity contribution in [1.82, 2.24) is 81.4 Å². The SMILES string of the molecule is C1COCCN1.C=CCNC(=O)OC(C)(C)C.CC(C)(C)OC(=O)NCCCc1ccc(N)nc1.NCCCc1ccc(N)nc1.Nc1ccc(Br)cn1.Nc1ccc(CCCNC(=O)c2ccc3nc(Cl)c(-c4ccc(F)cc4)nc3c2)cn1.Nc1ccc(CCCNC(=O)c2ccc3nc(N4CCOCC4)c(-c4ccc(F)cc4)nc3c2)cn1.O=C(O)c1ccc2[nH]c(=O)c(-c3ccc(F)cc3)nc2c1.